The van der Waals surface area contributed by atoms with Crippen LogP contribution in [0.2, 0.25) is 5.02 Å². The molecule has 1 aromatic carbocycles. The third kappa shape index (κ3) is 4.55. The Morgan fingerprint density at radius 1 is 1.30 bits per heavy atom. The Kier molecular flexibility index (Phi) is 5.55. The van der Waals surface area contributed by atoms with Crippen molar-refractivity contribution in [2.75, 3.05) is 18.0 Å². The number of hydrogen-bond acceptors (Lipinski definition) is 5. The van der Waals surface area contributed by atoms with E-state index < -0.39 is 0 Å². The molecule has 2 heterocycles. The van der Waals surface area contributed by atoms with E-state index in [1.165, 1.54) is 0 Å². The van der Waals surface area contributed by atoms with Gasteiger partial charge >= 0.3 is 0 Å². The first-order valence-electron chi connectivity index (χ1n) is 9.93. The van der Waals surface area contributed by atoms with Crippen LogP contribution in [0.4, 0.5) is 6.01 Å². The zero-order valence-electron chi connectivity index (χ0n) is 15.5. The number of hydrogen-bond donors (Lipinski definition) is 2. The average Bonchev–Trinajstić information content (AvgIpc) is 3.07. The van der Waals surface area contributed by atoms with Crippen LogP contribution in [-0.4, -0.2) is 36.1 Å². The first kappa shape index (κ1) is 18.6. The molecule has 2 aliphatic rings. The summed E-state index contributed by atoms with van der Waals surface area (Å²) in [6.07, 6.45) is 6.66. The number of fused-ring (bicyclic) bond motifs is 1. The molecule has 1 aromatic heterocycles. The number of anilines is 1. The molecule has 0 bridgehead atoms. The van der Waals surface area contributed by atoms with Crippen molar-refractivity contribution in [2.24, 2.45) is 11.7 Å². The topological polar surface area (TPSA) is 84.4 Å². The van der Waals surface area contributed by atoms with E-state index in [9.17, 15) is 4.79 Å². The van der Waals surface area contributed by atoms with Crippen molar-refractivity contribution in [3.63, 3.8) is 0 Å². The van der Waals surface area contributed by atoms with Crippen molar-refractivity contribution in [1.82, 2.24) is 10.3 Å². The zero-order chi connectivity index (χ0) is 18.8. The maximum atomic E-state index is 12.5. The molecule has 2 aromatic rings. The van der Waals surface area contributed by atoms with Gasteiger partial charge in [0.2, 0.25) is 5.91 Å². The summed E-state index contributed by atoms with van der Waals surface area (Å²) in [6.45, 7) is 1.70. The van der Waals surface area contributed by atoms with E-state index in [0.29, 0.717) is 41.0 Å². The van der Waals surface area contributed by atoms with E-state index in [1.54, 1.807) is 6.07 Å². The summed E-state index contributed by atoms with van der Waals surface area (Å²) in [5.74, 6) is 0.481. The van der Waals surface area contributed by atoms with Crippen molar-refractivity contribution in [3.05, 3.63) is 23.2 Å². The maximum absolute atomic E-state index is 12.5. The Morgan fingerprint density at radius 2 is 2.11 bits per heavy atom. The average molecular weight is 391 g/mol. The van der Waals surface area contributed by atoms with Gasteiger partial charge in [-0.1, -0.05) is 11.6 Å². The fourth-order valence-electron chi connectivity index (χ4n) is 4.24. The van der Waals surface area contributed by atoms with Crippen molar-refractivity contribution in [2.45, 2.75) is 57.0 Å². The highest BCUT2D eigenvalue weighted by Gasteiger charge is 2.27. The fraction of sp³-hybridized carbons (Fsp3) is 0.600. The summed E-state index contributed by atoms with van der Waals surface area (Å²) in [5, 5.41) is 3.84. The van der Waals surface area contributed by atoms with E-state index in [2.05, 4.69) is 15.2 Å². The summed E-state index contributed by atoms with van der Waals surface area (Å²) in [7, 11) is 0. The highest BCUT2D eigenvalue weighted by molar-refractivity contribution is 6.31. The first-order chi connectivity index (χ1) is 13.1. The highest BCUT2D eigenvalue weighted by Crippen LogP contribution is 2.29. The minimum Gasteiger partial charge on any atom is -0.423 e. The van der Waals surface area contributed by atoms with Crippen LogP contribution >= 0.6 is 11.6 Å². The SMILES string of the molecule is NC1CCC(NC(=O)CC2CCCN(c3nc4ccc(Cl)cc4o3)C2)CC1. The van der Waals surface area contributed by atoms with Crippen molar-refractivity contribution >= 4 is 34.6 Å². The molecule has 4 rings (SSSR count). The van der Waals surface area contributed by atoms with Gasteiger partial charge in [0, 0.05) is 42.7 Å². The molecular weight excluding hydrogens is 364 g/mol. The van der Waals surface area contributed by atoms with E-state index in [1.807, 2.05) is 12.1 Å². The van der Waals surface area contributed by atoms with Gasteiger partial charge in [0.15, 0.2) is 5.58 Å². The molecule has 2 fully saturated rings. The molecule has 7 heteroatoms. The molecule has 146 valence electrons. The van der Waals surface area contributed by atoms with Crippen LogP contribution < -0.4 is 16.0 Å². The van der Waals surface area contributed by atoms with Crippen LogP contribution in [0.25, 0.3) is 11.1 Å². The van der Waals surface area contributed by atoms with Crippen molar-refractivity contribution < 1.29 is 9.21 Å². The second kappa shape index (κ2) is 8.07. The molecule has 6 nitrogen and oxygen atoms in total. The van der Waals surface area contributed by atoms with E-state index >= 15 is 0 Å². The largest absolute Gasteiger partial charge is 0.423 e. The van der Waals surface area contributed by atoms with Gasteiger partial charge in [-0.2, -0.15) is 4.98 Å². The smallest absolute Gasteiger partial charge is 0.298 e. The first-order valence-corrected chi connectivity index (χ1v) is 10.3. The van der Waals surface area contributed by atoms with Gasteiger partial charge in [0.05, 0.1) is 0 Å². The Labute approximate surface area is 164 Å². The maximum Gasteiger partial charge on any atom is 0.298 e. The van der Waals surface area contributed by atoms with Crippen LogP contribution in [0.1, 0.15) is 44.9 Å². The monoisotopic (exact) mass is 390 g/mol. The standard InChI is InChI=1S/C20H27ClN4O2/c21-14-3-8-17-18(11-14)27-20(24-17)25-9-1-2-13(12-25)10-19(26)23-16-6-4-15(22)5-7-16/h3,8,11,13,15-16H,1-2,4-7,9-10,12,22H2,(H,23,26). The molecule has 1 atom stereocenters. The summed E-state index contributed by atoms with van der Waals surface area (Å²) >= 11 is 6.03. The Hall–Kier alpha value is -1.79. The van der Waals surface area contributed by atoms with E-state index in [-0.39, 0.29) is 5.91 Å². The molecule has 27 heavy (non-hydrogen) atoms. The van der Waals surface area contributed by atoms with Crippen molar-refractivity contribution in [1.29, 1.82) is 0 Å². The van der Waals surface area contributed by atoms with Crippen LogP contribution in [0.3, 0.4) is 0 Å². The number of nitrogens with zero attached hydrogens (tertiary/aromatic N) is 2. The van der Waals surface area contributed by atoms with Crippen molar-refractivity contribution in [3.8, 4) is 0 Å². The van der Waals surface area contributed by atoms with Gasteiger partial charge in [0.1, 0.15) is 5.52 Å². The Balaban J connectivity index is 1.34. The molecule has 1 aliphatic heterocycles. The molecular formula is C20H27ClN4O2. The number of oxazole rings is 1. The zero-order valence-corrected chi connectivity index (χ0v) is 16.3. The van der Waals surface area contributed by atoms with Gasteiger partial charge in [-0.25, -0.2) is 0 Å². The van der Waals surface area contributed by atoms with Crippen LogP contribution in [0.15, 0.2) is 22.6 Å². The van der Waals surface area contributed by atoms with E-state index in [0.717, 1.165) is 57.1 Å². The number of amides is 1. The molecule has 0 radical (unpaired) electrons. The van der Waals surface area contributed by atoms with Gasteiger partial charge in [-0.3, -0.25) is 4.79 Å². The molecule has 1 saturated heterocycles. The van der Waals surface area contributed by atoms with Gasteiger partial charge in [-0.15, -0.1) is 0 Å². The summed E-state index contributed by atoms with van der Waals surface area (Å²) in [4.78, 5) is 19.2. The lowest BCUT2D eigenvalue weighted by molar-refractivity contribution is -0.123. The molecule has 1 aliphatic carbocycles. The molecule has 1 amide bonds. The van der Waals surface area contributed by atoms with E-state index in [4.69, 9.17) is 21.8 Å². The lowest BCUT2D eigenvalue weighted by Gasteiger charge is -2.32. The molecule has 0 spiro atoms. The highest BCUT2D eigenvalue weighted by atomic mass is 35.5. The minimum absolute atomic E-state index is 0.159. The number of carbonyl (C=O) groups excluding carboxylic acids is 1. The normalized spacial score (nSPS) is 26.3. The number of aromatic nitrogens is 1. The number of nitrogens with one attached hydrogen (secondary N) is 1. The fourth-order valence-corrected chi connectivity index (χ4v) is 4.40. The predicted octanol–water partition coefficient (Wildman–Crippen LogP) is 3.47. The molecule has 1 saturated carbocycles. The molecule has 1 unspecified atom stereocenters. The second-order valence-corrected chi connectivity index (χ2v) is 8.38. The summed E-state index contributed by atoms with van der Waals surface area (Å²) < 4.78 is 5.89. The second-order valence-electron chi connectivity index (χ2n) is 7.95. The number of carbonyl (C=O) groups is 1. The third-order valence-corrected chi connectivity index (χ3v) is 5.97. The summed E-state index contributed by atoms with van der Waals surface area (Å²) in [6, 6.07) is 6.69. The number of nitrogens with two attached hydrogens (primary N) is 1. The lowest BCUT2D eigenvalue weighted by atomic mass is 9.91. The number of piperidine rings is 1. The van der Waals surface area contributed by atoms with Gasteiger partial charge in [-0.05, 0) is 56.6 Å². The van der Waals surface area contributed by atoms with Crippen LogP contribution in [0, 0.1) is 5.92 Å². The quantitative estimate of drug-likeness (QED) is 0.834. The van der Waals surface area contributed by atoms with Gasteiger partial charge in [0.25, 0.3) is 6.01 Å². The van der Waals surface area contributed by atoms with Crippen LogP contribution in [-0.2, 0) is 4.79 Å². The number of halogens is 1. The Morgan fingerprint density at radius 3 is 2.93 bits per heavy atom. The number of rotatable bonds is 4. The summed E-state index contributed by atoms with van der Waals surface area (Å²) in [5.41, 5.74) is 7.46. The predicted molar refractivity (Wildman–Crippen MR) is 107 cm³/mol. The molecule has 3 N–H and O–H groups in total. The lowest BCUT2D eigenvalue weighted by Crippen LogP contribution is -2.42. The van der Waals surface area contributed by atoms with Crippen LogP contribution in [0.5, 0.6) is 0 Å². The van der Waals surface area contributed by atoms with Gasteiger partial charge < -0.3 is 20.4 Å². The number of benzene rings is 1. The minimum atomic E-state index is 0.159. The Bertz CT molecular complexity index is 800. The third-order valence-electron chi connectivity index (χ3n) is 5.74.